The summed E-state index contributed by atoms with van der Waals surface area (Å²) in [5, 5.41) is 49.0. The molecular formula is C56H101FO25P4U2-10. The van der Waals surface area contributed by atoms with E-state index in [4.69, 9.17) is 81.2 Å². The van der Waals surface area contributed by atoms with Crippen LogP contribution >= 0.6 is 34.7 Å². The number of aliphatic hydroxyl groups excluding tert-OH is 1. The molecule has 0 aliphatic carbocycles. The summed E-state index contributed by atoms with van der Waals surface area (Å²) in [5.74, 6) is 3.62. The van der Waals surface area contributed by atoms with Gasteiger partial charge in [0.15, 0.2) is 0 Å². The molecule has 6 rings (SSSR count). The number of hydrogen-bond acceptors (Lipinski definition) is 25. The number of alkyl halides is 1. The van der Waals surface area contributed by atoms with E-state index in [-0.39, 0.29) is 161 Å². The summed E-state index contributed by atoms with van der Waals surface area (Å²) in [6.07, 6.45) is 6.39. The molecule has 6 saturated heterocycles. The van der Waals surface area contributed by atoms with Gasteiger partial charge >= 0.3 is 0 Å². The Morgan fingerprint density at radius 2 is 1.05 bits per heavy atom. The molecule has 20 atom stereocenters. The van der Waals surface area contributed by atoms with E-state index in [1.807, 2.05) is 72.5 Å². The molecule has 0 aromatic heterocycles. The molecule has 0 saturated carbocycles. The molecule has 0 aromatic carbocycles. The Labute approximate surface area is 583 Å². The largest absolute Gasteiger partial charge is 0.772 e. The van der Waals surface area contributed by atoms with Crippen molar-refractivity contribution in [2.45, 2.75) is 172 Å². The van der Waals surface area contributed by atoms with Crippen molar-refractivity contribution in [3.05, 3.63) is 37.5 Å². The minimum absolute atomic E-state index is 0. The zero-order chi connectivity index (χ0) is 70.2. The van der Waals surface area contributed by atoms with E-state index in [2.05, 4.69) is 81.9 Å². The Hall–Kier alpha value is 1.07. The molecule has 1 N–H and O–H groups in total. The fourth-order valence-electron chi connectivity index (χ4n) is 9.04. The molecule has 0 amide bonds. The molecule has 25 nitrogen and oxygen atoms in total. The van der Waals surface area contributed by atoms with Crippen LogP contribution in [0.4, 0.5) is 4.39 Å². The molecule has 520 valence electrons. The van der Waals surface area contributed by atoms with Crippen LogP contribution in [0.3, 0.4) is 0 Å². The first-order valence-electron chi connectivity index (χ1n) is 30.5. The maximum Gasteiger partial charge on any atom is 0.106 e. The van der Waals surface area contributed by atoms with Crippen LogP contribution < -0.4 is 40.6 Å². The zero-order valence-corrected chi connectivity index (χ0v) is 65.4. The Morgan fingerprint density at radius 1 is 0.591 bits per heavy atom. The van der Waals surface area contributed by atoms with Gasteiger partial charge in [-0.2, -0.15) is 0 Å². The molecule has 6 fully saturated rings. The van der Waals surface area contributed by atoms with E-state index < -0.39 is 79.0 Å². The smallest absolute Gasteiger partial charge is 0.106 e. The first-order chi connectivity index (χ1) is 42.5. The molecule has 88 heavy (non-hydrogen) atoms. The summed E-state index contributed by atoms with van der Waals surface area (Å²) in [5.41, 5.74) is 0. The first kappa shape index (κ1) is 91.1. The van der Waals surface area contributed by atoms with Gasteiger partial charge in [-0.25, -0.2) is 17.6 Å². The van der Waals surface area contributed by atoms with Gasteiger partial charge in [0.05, 0.1) is 143 Å². The van der Waals surface area contributed by atoms with Crippen molar-refractivity contribution in [3.8, 4) is 0 Å². The third-order valence-electron chi connectivity index (χ3n) is 14.1. The van der Waals surface area contributed by atoms with Gasteiger partial charge in [0.2, 0.25) is 0 Å². The summed E-state index contributed by atoms with van der Waals surface area (Å²) in [7, 11) is -2.69. The molecule has 0 unspecified atom stereocenters. The molecule has 0 spiro atoms. The average Bonchev–Trinajstić information content (AvgIpc) is 1.74. The van der Waals surface area contributed by atoms with Gasteiger partial charge < -0.3 is 103 Å². The van der Waals surface area contributed by atoms with Gasteiger partial charge in [-0.3, -0.25) is 18.3 Å². The molecule has 0 radical (unpaired) electrons. The van der Waals surface area contributed by atoms with E-state index in [1.54, 1.807) is 7.11 Å². The van der Waals surface area contributed by atoms with Crippen LogP contribution in [0.2, 0.25) is 0 Å². The van der Waals surface area contributed by atoms with E-state index >= 15 is 0 Å². The molecule has 6 aliphatic rings. The molecule has 6 aliphatic heterocycles. The Bertz CT molecular complexity index is 1740. The van der Waals surface area contributed by atoms with Gasteiger partial charge in [-0.1, -0.05) is 126 Å². The van der Waals surface area contributed by atoms with Crippen molar-refractivity contribution in [1.29, 1.82) is 0 Å². The normalized spacial score (nSPS) is 33.4. The molecule has 0 aromatic rings. The molecule has 6 heterocycles. The predicted octanol–water partition coefficient (Wildman–Crippen LogP) is 3.95. The minimum Gasteiger partial charge on any atom is -0.772 e. The van der Waals surface area contributed by atoms with Gasteiger partial charge in [-0.05, 0) is 68.1 Å². The summed E-state index contributed by atoms with van der Waals surface area (Å²) in [4.78, 5) is 48.2. The third kappa shape index (κ3) is 46.3. The summed E-state index contributed by atoms with van der Waals surface area (Å²) >= 11 is 0. The zero-order valence-electron chi connectivity index (χ0n) is 57.5. The molecule has 0 bridgehead atoms. The number of allylic oxidation sites excluding steroid dienone is 2. The summed E-state index contributed by atoms with van der Waals surface area (Å²) < 4.78 is 120. The van der Waals surface area contributed by atoms with Gasteiger partial charge in [0.1, 0.15) is 12.3 Å². The Kier molecular flexibility index (Phi) is 67.7. The van der Waals surface area contributed by atoms with Crippen molar-refractivity contribution in [2.75, 3.05) is 73.1 Å². The standard InChI is InChI=1S/C13H24O3.C10H18O.C9H17O3.C8H14FO3.C8H16O4.C8H16O3.4HO2P.2U/c1-5-6-11-13(10(2)3)12(9-16-11)15-8-7-14-4;1-4-5-10-6-9(7-11-10)8(2)3;1-6(2)8-4-11-9(5-12-10)7(8)3;2*1-5(2)6-3-11-7(4-12-10)8(6)9;1-6(2)7-3-8(5-11-9)10-4-7;4*1-3-2;;/h5-6,10-13H,7-9H2,1-4H3;4-5,8-10H,6-7H2,1-3H3;4,6-10H,5H2,1-3H3;3,5-8,10H,4H2,1-2H3;5-10H,3-4H2,1-2H3;6-9H,3-5H2,1-2H3;4*(H,1,2);;/q;;2*-1;;;;;;;;/p-8/b6-5+;5-4+;;;;;;;;;;/t11-,12+,13-;9-,10-;7-,8+,9+;2*6-,7-,8+;7-,8-;;;;;;/m110110....../s1/i9T;7T;;;3T;4T;;;;;;/t9-,11+,12-,13+;7-,9+,10+;2m;3-,6+,7+,8-;4-,7-,8-;;;;;;/m000100....... The van der Waals surface area contributed by atoms with Crippen molar-refractivity contribution in [3.63, 3.8) is 0 Å². The van der Waals surface area contributed by atoms with Gasteiger partial charge in [0, 0.05) is 87.3 Å². The number of hydrogen-bond donors (Lipinski definition) is 1. The second kappa shape index (κ2) is 65.4. The molecular weight excluding hydrogens is 1690 g/mol. The van der Waals surface area contributed by atoms with E-state index in [0.717, 1.165) is 12.8 Å². The van der Waals surface area contributed by atoms with Crippen molar-refractivity contribution < 1.29 is 194 Å². The number of rotatable bonds is 20. The average molecular weight is 1800 g/mol. The van der Waals surface area contributed by atoms with E-state index in [0.29, 0.717) is 54.6 Å². The maximum atomic E-state index is 13.3. The van der Waals surface area contributed by atoms with Crippen LogP contribution in [-0.4, -0.2) is 133 Å². The third-order valence-corrected chi connectivity index (χ3v) is 14.1. The van der Waals surface area contributed by atoms with Crippen LogP contribution in [0, 0.1) is 152 Å². The van der Waals surface area contributed by atoms with Crippen LogP contribution in [0.5, 0.6) is 0 Å². The Balaban J connectivity index is -0.000000232. The Morgan fingerprint density at radius 3 is 1.43 bits per heavy atom. The van der Waals surface area contributed by atoms with Crippen molar-refractivity contribution in [2.24, 2.45) is 76.9 Å². The van der Waals surface area contributed by atoms with E-state index in [1.165, 1.54) is 6.61 Å². The van der Waals surface area contributed by atoms with Crippen molar-refractivity contribution >= 4 is 34.7 Å². The minimum atomic E-state index is -1.11. The van der Waals surface area contributed by atoms with E-state index in [9.17, 15) is 30.5 Å². The van der Waals surface area contributed by atoms with Crippen molar-refractivity contribution in [1.82, 2.24) is 0 Å². The quantitative estimate of drug-likeness (QED) is 0.0450. The predicted molar refractivity (Wildman–Crippen MR) is 302 cm³/mol. The number of methoxy groups -OCH3 is 1. The second-order valence-electron chi connectivity index (χ2n) is 22.1. The van der Waals surface area contributed by atoms with Crippen LogP contribution in [0.15, 0.2) is 24.3 Å². The summed E-state index contributed by atoms with van der Waals surface area (Å²) in [6.45, 7) is 32.8. The van der Waals surface area contributed by atoms with Crippen LogP contribution in [-0.2, 0) is 75.7 Å². The number of ether oxygens (including phenoxy) is 8. The fourth-order valence-corrected chi connectivity index (χ4v) is 9.04. The van der Waals surface area contributed by atoms with Gasteiger partial charge in [-0.15, -0.1) is 11.8 Å². The van der Waals surface area contributed by atoms with Gasteiger partial charge in [0.25, 0.3) is 0 Å². The number of aliphatic hydroxyl groups is 1. The maximum absolute atomic E-state index is 13.3. The second-order valence-corrected chi connectivity index (χ2v) is 22.7. The molecule has 32 heteroatoms. The fraction of sp³-hybridized carbons (Fsp3) is 0.893. The summed E-state index contributed by atoms with van der Waals surface area (Å²) in [6, 6.07) is 0. The topological polar surface area (TPSA) is 384 Å². The monoisotopic (exact) mass is 1800 g/mol. The number of halogens is 1. The van der Waals surface area contributed by atoms with Crippen LogP contribution in [0.25, 0.3) is 0 Å². The first-order valence-corrected chi connectivity index (χ1v) is 31.2. The van der Waals surface area contributed by atoms with Crippen LogP contribution in [0.1, 0.15) is 122 Å². The SMILES string of the molecule is CC(C)[C@H]1[CH-]O[C@H](CO[O-])[C@H]1C.CC(C)[C@H]1[CH-]O[C@H](CO[O-])[C@H]1F.O=P[O-].O=P[O-].O=P[O-].O=P[O-].[3H][C@@H]1O[C@H](/C=C/C)C[C@H]1C(C)C.[3H][C@@H]1O[C@H](/C=C/C)[C@@H](C(C)C)[C@H]1OCCOC.[3H][C@@H]1O[C@H](CO[O-])C[C@@H]1C(C)C.[3H][C@@H]1O[C@H](CO[O-])[C@@H](O)[C@H]1C(C)C.[U].[U].